The molecule has 0 amide bonds. The van der Waals surface area contributed by atoms with Crippen LogP contribution in [0.1, 0.15) is 27.7 Å². The van der Waals surface area contributed by atoms with E-state index in [1.54, 1.807) is 6.07 Å². The Bertz CT molecular complexity index is 357. The molecule has 0 unspecified atom stereocenters. The average Bonchev–Trinajstić information content (AvgIpc) is 2.16. The summed E-state index contributed by atoms with van der Waals surface area (Å²) in [6, 6.07) is 1.80. The van der Waals surface area contributed by atoms with Crippen molar-refractivity contribution in [3.05, 3.63) is 24.0 Å². The number of allylic oxidation sites excluding steroid dienone is 1. The third-order valence-electron chi connectivity index (χ3n) is 1.79. The summed E-state index contributed by atoms with van der Waals surface area (Å²) in [7, 11) is 0. The molecule has 4 nitrogen and oxygen atoms in total. The van der Waals surface area contributed by atoms with Gasteiger partial charge in [-0.15, -0.1) is 0 Å². The highest BCUT2D eigenvalue weighted by Gasteiger charge is 2.00. The molecule has 0 aliphatic carbocycles. The quantitative estimate of drug-likeness (QED) is 0.776. The highest BCUT2D eigenvalue weighted by molar-refractivity contribution is 5.37. The number of anilines is 1. The lowest BCUT2D eigenvalue weighted by Gasteiger charge is -2.09. The fourth-order valence-electron chi connectivity index (χ4n) is 1.10. The van der Waals surface area contributed by atoms with Gasteiger partial charge in [-0.1, -0.05) is 11.6 Å². The molecule has 0 radical (unpaired) electrons. The molecular weight excluding hydrogens is 202 g/mol. The van der Waals surface area contributed by atoms with Gasteiger partial charge in [0.25, 0.3) is 0 Å². The van der Waals surface area contributed by atoms with Crippen molar-refractivity contribution < 1.29 is 4.74 Å². The predicted molar refractivity (Wildman–Crippen MR) is 65.7 cm³/mol. The van der Waals surface area contributed by atoms with Crippen LogP contribution in [-0.2, 0) is 0 Å². The molecule has 0 bridgehead atoms. The van der Waals surface area contributed by atoms with E-state index in [9.17, 15) is 0 Å². The number of aromatic nitrogens is 2. The van der Waals surface area contributed by atoms with Crippen LogP contribution in [0.25, 0.3) is 0 Å². The van der Waals surface area contributed by atoms with Crippen molar-refractivity contribution in [1.82, 2.24) is 9.97 Å². The maximum atomic E-state index is 5.48. The Balaban J connectivity index is 2.57. The summed E-state index contributed by atoms with van der Waals surface area (Å²) in [5.74, 6) is 1.38. The second-order valence-corrected chi connectivity index (χ2v) is 4.07. The molecule has 88 valence electrons. The van der Waals surface area contributed by atoms with E-state index in [4.69, 9.17) is 4.74 Å². The lowest BCUT2D eigenvalue weighted by atomic mass is 10.3. The summed E-state index contributed by atoms with van der Waals surface area (Å²) in [6.07, 6.45) is 3.73. The second-order valence-electron chi connectivity index (χ2n) is 4.07. The number of hydrogen-bond donors (Lipinski definition) is 1. The van der Waals surface area contributed by atoms with Crippen molar-refractivity contribution >= 4 is 5.82 Å². The lowest BCUT2D eigenvalue weighted by molar-refractivity contribution is 0.232. The minimum absolute atomic E-state index is 0.125. The van der Waals surface area contributed by atoms with Crippen LogP contribution >= 0.6 is 0 Å². The van der Waals surface area contributed by atoms with Gasteiger partial charge in [0.05, 0.1) is 6.10 Å². The first-order valence-corrected chi connectivity index (χ1v) is 5.44. The van der Waals surface area contributed by atoms with E-state index in [1.165, 1.54) is 11.9 Å². The first-order chi connectivity index (χ1) is 7.58. The molecule has 0 spiro atoms. The molecule has 0 saturated carbocycles. The van der Waals surface area contributed by atoms with Crippen LogP contribution < -0.4 is 10.1 Å². The third-order valence-corrected chi connectivity index (χ3v) is 1.79. The molecule has 0 aromatic carbocycles. The second kappa shape index (κ2) is 6.10. The Morgan fingerprint density at radius 2 is 2.19 bits per heavy atom. The normalized spacial score (nSPS) is 10.1. The topological polar surface area (TPSA) is 47.0 Å². The van der Waals surface area contributed by atoms with Crippen molar-refractivity contribution in [2.45, 2.75) is 33.8 Å². The fourth-order valence-corrected chi connectivity index (χ4v) is 1.10. The van der Waals surface area contributed by atoms with Crippen LogP contribution in [0.3, 0.4) is 0 Å². The van der Waals surface area contributed by atoms with Crippen molar-refractivity contribution in [1.29, 1.82) is 0 Å². The van der Waals surface area contributed by atoms with Crippen LogP contribution in [0.15, 0.2) is 24.0 Å². The smallest absolute Gasteiger partial charge is 0.218 e. The standard InChI is InChI=1S/C12H19N3O/c1-9(2)5-6-13-11-7-12(15-8-14-11)16-10(3)4/h5,7-8,10H,6H2,1-4H3,(H,13,14,15). The molecule has 1 N–H and O–H groups in total. The summed E-state index contributed by atoms with van der Waals surface area (Å²) in [4.78, 5) is 8.15. The molecular formula is C12H19N3O. The third kappa shape index (κ3) is 4.77. The predicted octanol–water partition coefficient (Wildman–Crippen LogP) is 2.64. The lowest BCUT2D eigenvalue weighted by Crippen LogP contribution is -2.08. The highest BCUT2D eigenvalue weighted by atomic mass is 16.5. The van der Waals surface area contributed by atoms with Gasteiger partial charge < -0.3 is 10.1 Å². The van der Waals surface area contributed by atoms with E-state index >= 15 is 0 Å². The summed E-state index contributed by atoms with van der Waals surface area (Å²) >= 11 is 0. The highest BCUT2D eigenvalue weighted by Crippen LogP contribution is 2.12. The minimum Gasteiger partial charge on any atom is -0.475 e. The zero-order valence-electron chi connectivity index (χ0n) is 10.3. The van der Waals surface area contributed by atoms with Crippen molar-refractivity contribution in [3.8, 4) is 5.88 Å². The Morgan fingerprint density at radius 1 is 1.44 bits per heavy atom. The van der Waals surface area contributed by atoms with Crippen LogP contribution in [0.2, 0.25) is 0 Å². The SMILES string of the molecule is CC(C)=CCNc1cc(OC(C)C)ncn1. The molecule has 1 aromatic heterocycles. The Labute approximate surface area is 96.8 Å². The zero-order valence-corrected chi connectivity index (χ0v) is 10.3. The number of nitrogens with one attached hydrogen (secondary N) is 1. The molecule has 1 heterocycles. The fraction of sp³-hybridized carbons (Fsp3) is 0.500. The summed E-state index contributed by atoms with van der Waals surface area (Å²) in [5.41, 5.74) is 1.28. The van der Waals surface area contributed by atoms with Gasteiger partial charge in [0.1, 0.15) is 12.1 Å². The molecule has 4 heteroatoms. The Kier molecular flexibility index (Phi) is 4.76. The Hall–Kier alpha value is -1.58. The first-order valence-electron chi connectivity index (χ1n) is 5.44. The van der Waals surface area contributed by atoms with E-state index in [1.807, 2.05) is 13.8 Å². The summed E-state index contributed by atoms with van der Waals surface area (Å²) < 4.78 is 5.48. The van der Waals surface area contributed by atoms with Gasteiger partial charge in [-0.05, 0) is 27.7 Å². The van der Waals surface area contributed by atoms with Gasteiger partial charge in [0, 0.05) is 12.6 Å². The van der Waals surface area contributed by atoms with E-state index < -0.39 is 0 Å². The maximum Gasteiger partial charge on any atom is 0.218 e. The number of ether oxygens (including phenoxy) is 1. The van der Waals surface area contributed by atoms with E-state index in [0.717, 1.165) is 12.4 Å². The van der Waals surface area contributed by atoms with Crippen LogP contribution in [-0.4, -0.2) is 22.6 Å². The molecule has 0 fully saturated rings. The largest absolute Gasteiger partial charge is 0.475 e. The van der Waals surface area contributed by atoms with Crippen molar-refractivity contribution in [3.63, 3.8) is 0 Å². The minimum atomic E-state index is 0.125. The number of rotatable bonds is 5. The van der Waals surface area contributed by atoms with E-state index in [-0.39, 0.29) is 6.10 Å². The zero-order chi connectivity index (χ0) is 12.0. The van der Waals surface area contributed by atoms with Gasteiger partial charge in [-0.25, -0.2) is 9.97 Å². The van der Waals surface area contributed by atoms with Gasteiger partial charge in [0.15, 0.2) is 0 Å². The van der Waals surface area contributed by atoms with E-state index in [2.05, 4.69) is 35.2 Å². The average molecular weight is 221 g/mol. The van der Waals surface area contributed by atoms with Gasteiger partial charge in [-0.2, -0.15) is 0 Å². The van der Waals surface area contributed by atoms with Crippen LogP contribution in [0, 0.1) is 0 Å². The summed E-state index contributed by atoms with van der Waals surface area (Å²) in [5, 5.41) is 3.18. The van der Waals surface area contributed by atoms with Crippen LogP contribution in [0.4, 0.5) is 5.82 Å². The number of hydrogen-bond acceptors (Lipinski definition) is 4. The van der Waals surface area contributed by atoms with Gasteiger partial charge >= 0.3 is 0 Å². The molecule has 0 aliphatic heterocycles. The monoisotopic (exact) mass is 221 g/mol. The molecule has 0 atom stereocenters. The van der Waals surface area contributed by atoms with Crippen LogP contribution in [0.5, 0.6) is 5.88 Å². The molecule has 0 saturated heterocycles. The first kappa shape index (κ1) is 12.5. The maximum absolute atomic E-state index is 5.48. The molecule has 1 rings (SSSR count). The van der Waals surface area contributed by atoms with Gasteiger partial charge in [-0.3, -0.25) is 0 Å². The molecule has 1 aromatic rings. The Morgan fingerprint density at radius 3 is 2.81 bits per heavy atom. The van der Waals surface area contributed by atoms with E-state index in [0.29, 0.717) is 5.88 Å². The van der Waals surface area contributed by atoms with Crippen molar-refractivity contribution in [2.75, 3.05) is 11.9 Å². The molecule has 16 heavy (non-hydrogen) atoms. The summed E-state index contributed by atoms with van der Waals surface area (Å²) in [6.45, 7) is 8.83. The van der Waals surface area contributed by atoms with Gasteiger partial charge in [0.2, 0.25) is 5.88 Å². The van der Waals surface area contributed by atoms with Crippen molar-refractivity contribution in [2.24, 2.45) is 0 Å². The number of nitrogens with zero attached hydrogens (tertiary/aromatic N) is 2. The molecule has 0 aliphatic rings.